The van der Waals surface area contributed by atoms with E-state index in [0.29, 0.717) is 10.8 Å². The van der Waals surface area contributed by atoms with Crippen molar-refractivity contribution in [2.75, 3.05) is 0 Å². The molecule has 3 aromatic rings. The largest absolute Gasteiger partial charge is 0.744 e. The van der Waals surface area contributed by atoms with Crippen LogP contribution in [-0.4, -0.2) is 31.0 Å². The fourth-order valence-electron chi connectivity index (χ4n) is 2.33. The number of rotatable bonds is 4. The molecular formula is C16H10N2O7S2-2. The van der Waals surface area contributed by atoms with E-state index in [4.69, 9.17) is 0 Å². The topological polar surface area (TPSA) is 159 Å². The van der Waals surface area contributed by atoms with Gasteiger partial charge in [0, 0.05) is 5.39 Å². The SMILES string of the molecule is O=S(=O)([O-])c1ccc(N=Nc2c(O)ccc3cc(S(=O)(=O)[O-])ccc23)cc1. The van der Waals surface area contributed by atoms with Crippen LogP contribution in [0.2, 0.25) is 0 Å². The van der Waals surface area contributed by atoms with Crippen molar-refractivity contribution in [3.05, 3.63) is 54.6 Å². The predicted octanol–water partition coefficient (Wildman–Crippen LogP) is 2.77. The molecule has 0 aromatic heterocycles. The minimum atomic E-state index is -4.63. The lowest BCUT2D eigenvalue weighted by Crippen LogP contribution is -1.97. The van der Waals surface area contributed by atoms with Crippen molar-refractivity contribution in [3.8, 4) is 5.75 Å². The Hall–Kier alpha value is -2.86. The Balaban J connectivity index is 2.03. The van der Waals surface area contributed by atoms with E-state index in [-0.39, 0.29) is 17.1 Å². The molecule has 140 valence electrons. The van der Waals surface area contributed by atoms with Crippen LogP contribution in [0.1, 0.15) is 0 Å². The molecule has 0 atom stereocenters. The Bertz CT molecular complexity index is 1270. The summed E-state index contributed by atoms with van der Waals surface area (Å²) in [5.41, 5.74) is 0.250. The molecule has 1 N–H and O–H groups in total. The first-order valence-electron chi connectivity index (χ1n) is 7.25. The lowest BCUT2D eigenvalue weighted by Gasteiger charge is -2.09. The van der Waals surface area contributed by atoms with Gasteiger partial charge in [-0.2, -0.15) is 5.11 Å². The number of nitrogens with zero attached hydrogens (tertiary/aromatic N) is 2. The quantitative estimate of drug-likeness (QED) is 0.515. The van der Waals surface area contributed by atoms with E-state index >= 15 is 0 Å². The fourth-order valence-corrected chi connectivity index (χ4v) is 3.30. The second kappa shape index (κ2) is 6.70. The highest BCUT2D eigenvalue weighted by atomic mass is 32.2. The summed E-state index contributed by atoms with van der Waals surface area (Å²) >= 11 is 0. The van der Waals surface area contributed by atoms with Crippen LogP contribution in [0.5, 0.6) is 5.75 Å². The summed E-state index contributed by atoms with van der Waals surface area (Å²) in [5.74, 6) is -0.234. The molecule has 27 heavy (non-hydrogen) atoms. The average molecular weight is 406 g/mol. The minimum Gasteiger partial charge on any atom is -0.744 e. The smallest absolute Gasteiger partial charge is 0.143 e. The van der Waals surface area contributed by atoms with Gasteiger partial charge in [0.1, 0.15) is 31.7 Å². The highest BCUT2D eigenvalue weighted by Crippen LogP contribution is 2.37. The highest BCUT2D eigenvalue weighted by Gasteiger charge is 2.09. The van der Waals surface area contributed by atoms with Crippen molar-refractivity contribution < 1.29 is 31.0 Å². The number of hydrogen-bond donors (Lipinski definition) is 1. The third-order valence-electron chi connectivity index (χ3n) is 3.62. The lowest BCUT2D eigenvalue weighted by atomic mass is 10.1. The molecule has 0 spiro atoms. The summed E-state index contributed by atoms with van der Waals surface area (Å²) in [6.07, 6.45) is 0. The van der Waals surface area contributed by atoms with Gasteiger partial charge in [-0.15, -0.1) is 5.11 Å². The molecule has 0 bridgehead atoms. The zero-order valence-electron chi connectivity index (χ0n) is 13.3. The van der Waals surface area contributed by atoms with Crippen LogP contribution in [0.25, 0.3) is 10.8 Å². The maximum atomic E-state index is 11.1. The molecule has 0 heterocycles. The van der Waals surface area contributed by atoms with Gasteiger partial charge in [-0.05, 0) is 47.9 Å². The lowest BCUT2D eigenvalue weighted by molar-refractivity contribution is 0.461. The first kappa shape index (κ1) is 18.9. The molecule has 0 aliphatic rings. The van der Waals surface area contributed by atoms with Crippen LogP contribution in [-0.2, 0) is 20.2 Å². The van der Waals surface area contributed by atoms with Gasteiger partial charge in [0.2, 0.25) is 0 Å². The van der Waals surface area contributed by atoms with Gasteiger partial charge in [-0.1, -0.05) is 12.1 Å². The standard InChI is InChI=1S/C16H12N2O7S2/c19-15-8-1-10-9-13(27(23,24)25)6-7-14(10)16(15)18-17-11-2-4-12(5-3-11)26(20,21)22/h1-9,19H,(H,20,21,22)(H,23,24,25)/p-2. The number of phenolic OH excluding ortho intramolecular Hbond substituents is 1. The first-order valence-corrected chi connectivity index (χ1v) is 10.1. The Morgan fingerprint density at radius 2 is 1.33 bits per heavy atom. The van der Waals surface area contributed by atoms with Gasteiger partial charge < -0.3 is 14.2 Å². The number of hydrogen-bond acceptors (Lipinski definition) is 9. The number of benzene rings is 3. The van der Waals surface area contributed by atoms with Crippen molar-refractivity contribution >= 4 is 42.4 Å². The zero-order valence-corrected chi connectivity index (χ0v) is 14.9. The Kier molecular flexibility index (Phi) is 4.70. The molecule has 0 amide bonds. The van der Waals surface area contributed by atoms with Crippen molar-refractivity contribution in [2.24, 2.45) is 10.2 Å². The summed E-state index contributed by atoms with van der Waals surface area (Å²) in [6.45, 7) is 0. The van der Waals surface area contributed by atoms with E-state index in [0.717, 1.165) is 24.3 Å². The molecular weight excluding hydrogens is 396 g/mol. The molecule has 0 aliphatic carbocycles. The fraction of sp³-hybridized carbons (Fsp3) is 0. The van der Waals surface area contributed by atoms with E-state index in [1.165, 1.54) is 30.3 Å². The van der Waals surface area contributed by atoms with Crippen molar-refractivity contribution in [1.82, 2.24) is 0 Å². The van der Waals surface area contributed by atoms with Gasteiger partial charge in [0.25, 0.3) is 0 Å². The van der Waals surface area contributed by atoms with E-state index in [9.17, 15) is 31.0 Å². The Morgan fingerprint density at radius 1 is 0.741 bits per heavy atom. The van der Waals surface area contributed by atoms with Gasteiger partial charge in [0.05, 0.1) is 15.5 Å². The van der Waals surface area contributed by atoms with Crippen LogP contribution >= 0.6 is 0 Å². The summed E-state index contributed by atoms with van der Waals surface area (Å²) in [7, 11) is -9.21. The van der Waals surface area contributed by atoms with Gasteiger partial charge in [-0.3, -0.25) is 0 Å². The number of phenols is 1. The van der Waals surface area contributed by atoms with Crippen LogP contribution < -0.4 is 0 Å². The monoisotopic (exact) mass is 406 g/mol. The zero-order chi connectivity index (χ0) is 19.8. The van der Waals surface area contributed by atoms with Crippen LogP contribution in [0.15, 0.2) is 74.6 Å². The first-order chi connectivity index (χ1) is 12.6. The summed E-state index contributed by atoms with van der Waals surface area (Å²) in [6, 6.07) is 10.9. The van der Waals surface area contributed by atoms with Gasteiger partial charge in [0.15, 0.2) is 0 Å². The molecule has 0 unspecified atom stereocenters. The van der Waals surface area contributed by atoms with E-state index in [1.807, 2.05) is 0 Å². The third-order valence-corrected chi connectivity index (χ3v) is 5.30. The molecule has 9 nitrogen and oxygen atoms in total. The average Bonchev–Trinajstić information content (AvgIpc) is 2.59. The number of fused-ring (bicyclic) bond motifs is 1. The normalized spacial score (nSPS) is 12.7. The molecule has 0 saturated carbocycles. The van der Waals surface area contributed by atoms with Crippen molar-refractivity contribution in [2.45, 2.75) is 9.79 Å². The van der Waals surface area contributed by atoms with Crippen LogP contribution in [0.3, 0.4) is 0 Å². The van der Waals surface area contributed by atoms with E-state index in [1.54, 1.807) is 0 Å². The second-order valence-corrected chi connectivity index (χ2v) is 8.18. The van der Waals surface area contributed by atoms with Crippen LogP contribution in [0, 0.1) is 0 Å². The Morgan fingerprint density at radius 3 is 1.93 bits per heavy atom. The molecule has 11 heteroatoms. The van der Waals surface area contributed by atoms with Crippen molar-refractivity contribution in [1.29, 1.82) is 0 Å². The summed E-state index contributed by atoms with van der Waals surface area (Å²) < 4.78 is 66.1. The number of azo groups is 1. The minimum absolute atomic E-state index is 0.0304. The summed E-state index contributed by atoms with van der Waals surface area (Å²) in [4.78, 5) is -0.834. The van der Waals surface area contributed by atoms with Gasteiger partial charge >= 0.3 is 0 Å². The van der Waals surface area contributed by atoms with Crippen molar-refractivity contribution in [3.63, 3.8) is 0 Å². The van der Waals surface area contributed by atoms with Crippen LogP contribution in [0.4, 0.5) is 11.4 Å². The second-order valence-electron chi connectivity index (χ2n) is 5.42. The predicted molar refractivity (Wildman–Crippen MR) is 92.2 cm³/mol. The molecule has 3 aromatic carbocycles. The number of aromatic hydroxyl groups is 1. The van der Waals surface area contributed by atoms with E-state index in [2.05, 4.69) is 10.2 Å². The molecule has 0 saturated heterocycles. The maximum absolute atomic E-state index is 11.1. The summed E-state index contributed by atoms with van der Waals surface area (Å²) in [5, 5.41) is 18.5. The maximum Gasteiger partial charge on any atom is 0.143 e. The molecule has 0 radical (unpaired) electrons. The third kappa shape index (κ3) is 4.11. The highest BCUT2D eigenvalue weighted by molar-refractivity contribution is 7.86. The molecule has 0 fully saturated rings. The van der Waals surface area contributed by atoms with E-state index < -0.39 is 30.0 Å². The Labute approximate surface area is 154 Å². The molecule has 0 aliphatic heterocycles. The van der Waals surface area contributed by atoms with Gasteiger partial charge in [-0.25, -0.2) is 16.8 Å². The molecule has 3 rings (SSSR count).